The average Bonchev–Trinajstić information content (AvgIpc) is 1.61. The molecule has 2 saturated heterocycles. The molecule has 8 atom stereocenters. The van der Waals surface area contributed by atoms with Crippen LogP contribution in [0.15, 0.2) is 105 Å². The van der Waals surface area contributed by atoms with E-state index in [9.17, 15) is 38.4 Å². The van der Waals surface area contributed by atoms with Gasteiger partial charge in [0.05, 0.1) is 45.9 Å². The number of nitrogens with zero attached hydrogens (tertiary/aromatic N) is 8. The first-order valence-electron chi connectivity index (χ1n) is 27.6. The van der Waals surface area contributed by atoms with Crippen molar-refractivity contribution < 1.29 is 56.7 Å². The van der Waals surface area contributed by atoms with Crippen LogP contribution in [0.1, 0.15) is 116 Å². The molecule has 6 aromatic rings. The van der Waals surface area contributed by atoms with Crippen LogP contribution in [0.5, 0.6) is 0 Å². The normalized spacial score (nSPS) is 20.0. The van der Waals surface area contributed by atoms with E-state index in [4.69, 9.17) is 18.3 Å². The van der Waals surface area contributed by atoms with Gasteiger partial charge in [-0.3, -0.25) is 52.4 Å². The number of pyridine rings is 2. The van der Waals surface area contributed by atoms with Crippen molar-refractivity contribution in [3.63, 3.8) is 0 Å². The topological polar surface area (TPSA) is 240 Å². The van der Waals surface area contributed by atoms with E-state index in [2.05, 4.69) is 101 Å². The van der Waals surface area contributed by atoms with Gasteiger partial charge < -0.3 is 23.2 Å². The van der Waals surface area contributed by atoms with Crippen molar-refractivity contribution in [2.75, 3.05) is 13.2 Å². The summed E-state index contributed by atoms with van der Waals surface area (Å²) in [7, 11) is -4.47. The zero-order valence-electron chi connectivity index (χ0n) is 49.8. The Kier molecular flexibility index (Phi) is 18.0. The number of ether oxygens (including phenoxy) is 2. The van der Waals surface area contributed by atoms with E-state index in [-0.39, 0.29) is 81.9 Å². The summed E-state index contributed by atoms with van der Waals surface area (Å²) in [4.78, 5) is 127. The minimum Gasteiger partial charge on any atom is -0.457 e. The number of likely N-dealkylation sites (tertiary alicyclic amines) is 1. The Balaban J connectivity index is 0.000000219. The Bertz CT molecular complexity index is 3630. The SMILES string of the molecule is C=CCOC(=O)C(=O)N1C(=O)[C@H]([C@H](C)O[Si](C)(C)C(C)(C)C)[C@H]1[C@@H](C)C(=O)c1cn2cnc(C(=O)c3cccnc3)c2s1.C=CCOC(=O)C1=C(c2cn3cnc(C(=O)c4cccnc4)c3s2)[C@H](C)[C@@H]2[C@@H]([C@@H](C)O[Si](C)(C)C(C)(C)C)C(=O)N12. The molecule has 0 N–H and O–H groups in total. The Morgan fingerprint density at radius 3 is 1.71 bits per heavy atom. The van der Waals surface area contributed by atoms with E-state index in [1.165, 1.54) is 42.2 Å². The number of carbonyl (C=O) groups is 8. The molecule has 0 spiro atoms. The molecule has 6 aromatic heterocycles. The first-order chi connectivity index (χ1) is 39.4. The molecule has 20 nitrogen and oxygen atoms in total. The number of imide groups is 1. The van der Waals surface area contributed by atoms with Gasteiger partial charge in [0.15, 0.2) is 22.4 Å². The standard InChI is InChI=1S/C30H36N4O7SSi.C30H36N4O5SSi/c1-9-13-40-29(39)27(38)34-23(21(26(34)37)18(3)41-43(7,8)30(4,5)6)17(2)24(35)20-15-33-16-32-22(28(33)42-20)25(36)19-11-10-12-31-14-19;1-9-13-38-29(37)25-21(17(2)24-22(27(36)34(24)25)18(3)39-41(7,8)30(4,5)6)20-15-33-16-32-23(28(33)40-20)26(35)19-11-10-12-31-14-19/h9-12,14-18,21,23H,1,13H2,2-8H3;9-12,14-18,22,24H,1,13H2,2-8H3/t17-,18+,21-,23-;17-,18+,22+,24+/m10/s1. The van der Waals surface area contributed by atoms with E-state index in [0.717, 1.165) is 26.7 Å². The third kappa shape index (κ3) is 11.7. The molecule has 0 unspecified atom stereocenters. The van der Waals surface area contributed by atoms with Crippen molar-refractivity contribution in [2.45, 2.75) is 130 Å². The number of thiazole rings is 2. The summed E-state index contributed by atoms with van der Waals surface area (Å²) in [6, 6.07) is 5.51. The smallest absolute Gasteiger partial charge is 0.397 e. The largest absolute Gasteiger partial charge is 0.457 e. The maximum atomic E-state index is 13.9. The fraction of sp³-hybridized carbons (Fsp3) is 0.433. The van der Waals surface area contributed by atoms with Crippen molar-refractivity contribution >= 4 is 102 Å². The van der Waals surface area contributed by atoms with Crippen molar-refractivity contribution in [1.82, 2.24) is 38.5 Å². The van der Waals surface area contributed by atoms with Gasteiger partial charge >= 0.3 is 17.8 Å². The van der Waals surface area contributed by atoms with Gasteiger partial charge in [-0.25, -0.2) is 19.6 Å². The summed E-state index contributed by atoms with van der Waals surface area (Å²) in [5.41, 5.74) is 2.28. The van der Waals surface area contributed by atoms with E-state index >= 15 is 0 Å². The van der Waals surface area contributed by atoms with Crippen LogP contribution in [0.4, 0.5) is 0 Å². The van der Waals surface area contributed by atoms with Crippen LogP contribution in [0, 0.1) is 23.7 Å². The molecule has 444 valence electrons. The number of amides is 3. The lowest BCUT2D eigenvalue weighted by atomic mass is 9.75. The molecular weight excluding hydrogens is 1150 g/mol. The minimum atomic E-state index is -2.33. The highest BCUT2D eigenvalue weighted by Gasteiger charge is 2.62. The van der Waals surface area contributed by atoms with E-state index in [1.54, 1.807) is 76.7 Å². The number of hydrogen-bond acceptors (Lipinski definition) is 18. The molecule has 0 radical (unpaired) electrons. The number of β-lactam (4-membered cyclic amide) rings is 2. The number of rotatable bonds is 19. The van der Waals surface area contributed by atoms with Crippen LogP contribution in [-0.2, 0) is 42.3 Å². The summed E-state index contributed by atoms with van der Waals surface area (Å²) in [6.45, 7) is 35.5. The zero-order valence-corrected chi connectivity index (χ0v) is 53.5. The Labute approximate surface area is 498 Å². The van der Waals surface area contributed by atoms with E-state index in [0.29, 0.717) is 31.4 Å². The number of aromatic nitrogens is 6. The second-order valence-electron chi connectivity index (χ2n) is 24.3. The molecule has 9 rings (SSSR count). The van der Waals surface area contributed by atoms with Crippen LogP contribution in [0.2, 0.25) is 36.3 Å². The van der Waals surface area contributed by atoms with Crippen LogP contribution < -0.4 is 0 Å². The Morgan fingerprint density at radius 1 is 0.714 bits per heavy atom. The molecule has 3 amide bonds. The average molecular weight is 1220 g/mol. The first kappa shape index (κ1) is 62.8. The molecule has 0 bridgehead atoms. The van der Waals surface area contributed by atoms with Gasteiger partial charge in [-0.05, 0) is 74.4 Å². The quantitative estimate of drug-likeness (QED) is 0.0183. The number of hydrogen-bond donors (Lipinski definition) is 0. The van der Waals surface area contributed by atoms with Gasteiger partial charge in [-0.1, -0.05) is 80.7 Å². The summed E-state index contributed by atoms with van der Waals surface area (Å²) >= 11 is 2.45. The first-order valence-corrected chi connectivity index (χ1v) is 35.1. The maximum absolute atomic E-state index is 13.9. The van der Waals surface area contributed by atoms with Crippen molar-refractivity contribution in [3.8, 4) is 0 Å². The summed E-state index contributed by atoms with van der Waals surface area (Å²) in [5, 5.41) is -0.150. The molecule has 9 heterocycles. The van der Waals surface area contributed by atoms with Gasteiger partial charge in [-0.2, -0.15) is 0 Å². The molecule has 2 fully saturated rings. The summed E-state index contributed by atoms with van der Waals surface area (Å²) in [5.74, 6) is -6.83. The maximum Gasteiger partial charge on any atom is 0.397 e. The zero-order chi connectivity index (χ0) is 61.7. The number of ketones is 3. The Morgan fingerprint density at radius 2 is 1.21 bits per heavy atom. The number of imidazole rings is 2. The highest BCUT2D eigenvalue weighted by molar-refractivity contribution is 7.19. The lowest BCUT2D eigenvalue weighted by molar-refractivity contribution is -0.181. The highest BCUT2D eigenvalue weighted by Crippen LogP contribution is 2.53. The number of carbonyl (C=O) groups excluding carboxylic acids is 8. The van der Waals surface area contributed by atoms with E-state index < -0.39 is 64.4 Å². The van der Waals surface area contributed by atoms with Crippen LogP contribution >= 0.6 is 22.7 Å². The third-order valence-electron chi connectivity index (χ3n) is 16.8. The minimum absolute atomic E-state index is 0.00411. The van der Waals surface area contributed by atoms with Crippen molar-refractivity contribution in [3.05, 3.63) is 137 Å². The van der Waals surface area contributed by atoms with Crippen LogP contribution in [0.3, 0.4) is 0 Å². The van der Waals surface area contributed by atoms with Crippen molar-refractivity contribution in [1.29, 1.82) is 0 Å². The number of Topliss-reactive ketones (excluding diaryl/α,β-unsaturated/α-hetero) is 1. The van der Waals surface area contributed by atoms with Gasteiger partial charge in [0.2, 0.25) is 23.4 Å². The van der Waals surface area contributed by atoms with Crippen LogP contribution in [-0.4, -0.2) is 140 Å². The number of fused-ring (bicyclic) bond motifs is 3. The molecular formula is C60H72N8O12S2Si2. The molecule has 24 heteroatoms. The van der Waals surface area contributed by atoms with Gasteiger partial charge in [0.25, 0.3) is 0 Å². The molecule has 3 aliphatic heterocycles. The Hall–Kier alpha value is -7.23. The van der Waals surface area contributed by atoms with E-state index in [1.807, 2.05) is 20.0 Å². The van der Waals surface area contributed by atoms with Gasteiger partial charge in [0.1, 0.15) is 52.6 Å². The summed E-state index contributed by atoms with van der Waals surface area (Å²) < 4.78 is 26.9. The van der Waals surface area contributed by atoms with Crippen LogP contribution in [0.25, 0.3) is 15.2 Å². The monoisotopic (exact) mass is 1220 g/mol. The lowest BCUT2D eigenvalue weighted by Gasteiger charge is -2.51. The van der Waals surface area contributed by atoms with Gasteiger partial charge in [0, 0.05) is 65.7 Å². The highest BCUT2D eigenvalue weighted by atomic mass is 32.1. The molecule has 0 aliphatic carbocycles. The predicted octanol–water partition coefficient (Wildman–Crippen LogP) is 9.68. The predicted molar refractivity (Wildman–Crippen MR) is 322 cm³/mol. The molecule has 84 heavy (non-hydrogen) atoms. The second kappa shape index (κ2) is 24.0. The molecule has 0 aromatic carbocycles. The lowest BCUT2D eigenvalue weighted by Crippen LogP contribution is -2.71. The molecule has 3 aliphatic rings. The van der Waals surface area contributed by atoms with Crippen molar-refractivity contribution in [2.24, 2.45) is 23.7 Å². The summed E-state index contributed by atoms with van der Waals surface area (Å²) in [6.07, 6.45) is 14.5. The number of esters is 2. The van der Waals surface area contributed by atoms with Gasteiger partial charge in [-0.15, -0.1) is 22.7 Å². The second-order valence-corrected chi connectivity index (χ2v) is 35.9. The third-order valence-corrected chi connectivity index (χ3v) is 28.2. The fourth-order valence-electron chi connectivity index (χ4n) is 10.4. The molecule has 0 saturated carbocycles. The fourth-order valence-corrected chi connectivity index (χ4v) is 15.6.